The summed E-state index contributed by atoms with van der Waals surface area (Å²) in [7, 11) is 1.35. The number of carboxylic acid groups (broad SMARTS) is 1. The summed E-state index contributed by atoms with van der Waals surface area (Å²) in [6.45, 7) is 0. The number of ether oxygens (including phenoxy) is 1. The Kier molecular flexibility index (Phi) is 4.28. The maximum absolute atomic E-state index is 13.3. The number of halogens is 3. The van der Waals surface area contributed by atoms with Crippen LogP contribution in [0.2, 0.25) is 5.02 Å². The highest BCUT2D eigenvalue weighted by atomic mass is 35.5. The van der Waals surface area contributed by atoms with E-state index in [2.05, 4.69) is 0 Å². The van der Waals surface area contributed by atoms with Gasteiger partial charge < -0.3 is 9.84 Å². The minimum absolute atomic E-state index is 0.186. The van der Waals surface area contributed by atoms with Crippen molar-refractivity contribution in [1.29, 1.82) is 0 Å². The number of methoxy groups -OCH3 is 1. The van der Waals surface area contributed by atoms with Gasteiger partial charge in [0.1, 0.15) is 12.2 Å². The first-order chi connectivity index (χ1) is 7.84. The second-order valence-electron chi connectivity index (χ2n) is 3.56. The lowest BCUT2D eigenvalue weighted by atomic mass is 10.0. The molecule has 0 saturated carbocycles. The van der Waals surface area contributed by atoms with Crippen molar-refractivity contribution >= 4 is 17.6 Å². The van der Waals surface area contributed by atoms with E-state index in [4.69, 9.17) is 21.4 Å². The van der Waals surface area contributed by atoms with Gasteiger partial charge in [-0.1, -0.05) is 11.6 Å². The summed E-state index contributed by atoms with van der Waals surface area (Å²) in [5, 5.41) is 8.67. The molecule has 1 aromatic rings. The average Bonchev–Trinajstić information content (AvgIpc) is 2.14. The molecule has 1 aromatic carbocycles. The average molecular weight is 265 g/mol. The number of carbonyl (C=O) groups is 1. The van der Waals surface area contributed by atoms with Crippen LogP contribution < -0.4 is 4.74 Å². The normalized spacial score (nSPS) is 11.3. The third-order valence-corrected chi connectivity index (χ3v) is 2.34. The molecule has 1 rings (SSSR count). The number of carboxylic acids is 1. The smallest absolute Gasteiger partial charge is 0.309 e. The second kappa shape index (κ2) is 5.31. The first-order valence-corrected chi connectivity index (χ1v) is 5.14. The summed E-state index contributed by atoms with van der Waals surface area (Å²) >= 11 is 5.69. The van der Waals surface area contributed by atoms with E-state index in [1.807, 2.05) is 0 Å². The van der Waals surface area contributed by atoms with Crippen LogP contribution in [0.5, 0.6) is 5.75 Å². The molecule has 0 bridgehead atoms. The summed E-state index contributed by atoms with van der Waals surface area (Å²) in [5.41, 5.74) is 0.186. The van der Waals surface area contributed by atoms with Crippen LogP contribution in [-0.2, 0) is 11.2 Å². The molecule has 0 fully saturated rings. The molecule has 0 aliphatic heterocycles. The van der Waals surface area contributed by atoms with Gasteiger partial charge in [0.05, 0.1) is 7.11 Å². The molecule has 6 heteroatoms. The fourth-order valence-electron chi connectivity index (χ4n) is 1.45. The van der Waals surface area contributed by atoms with Crippen LogP contribution in [0.4, 0.5) is 8.78 Å². The van der Waals surface area contributed by atoms with Crippen molar-refractivity contribution in [2.24, 2.45) is 0 Å². The predicted octanol–water partition coefficient (Wildman–Crippen LogP) is 3.00. The Hall–Kier alpha value is -1.36. The van der Waals surface area contributed by atoms with Crippen molar-refractivity contribution in [2.45, 2.75) is 18.8 Å². The largest absolute Gasteiger partial charge is 0.496 e. The molecule has 3 nitrogen and oxygen atoms in total. The summed E-state index contributed by atoms with van der Waals surface area (Å²) in [6, 6.07) is 4.32. The van der Waals surface area contributed by atoms with Gasteiger partial charge in [-0.15, -0.1) is 0 Å². The van der Waals surface area contributed by atoms with Crippen molar-refractivity contribution in [3.05, 3.63) is 28.8 Å². The van der Waals surface area contributed by atoms with E-state index in [-0.39, 0.29) is 11.3 Å². The molecule has 0 amide bonds. The molecule has 0 atom stereocenters. The molecule has 0 unspecified atom stereocenters. The van der Waals surface area contributed by atoms with E-state index in [0.29, 0.717) is 5.02 Å². The van der Waals surface area contributed by atoms with Gasteiger partial charge in [-0.05, 0) is 18.2 Å². The zero-order chi connectivity index (χ0) is 13.1. The van der Waals surface area contributed by atoms with Gasteiger partial charge >= 0.3 is 5.97 Å². The minimum Gasteiger partial charge on any atom is -0.496 e. The second-order valence-corrected chi connectivity index (χ2v) is 4.00. The predicted molar refractivity (Wildman–Crippen MR) is 58.9 cm³/mol. The molecule has 17 heavy (non-hydrogen) atoms. The lowest BCUT2D eigenvalue weighted by Gasteiger charge is -2.16. The van der Waals surface area contributed by atoms with Gasteiger partial charge in [0.25, 0.3) is 5.92 Å². The van der Waals surface area contributed by atoms with Gasteiger partial charge in [-0.25, -0.2) is 8.78 Å². The van der Waals surface area contributed by atoms with E-state index in [9.17, 15) is 13.6 Å². The standard InChI is InChI=1S/C11H11ClF2O3/c1-17-9-3-2-8(12)4-7(9)5-11(13,14)6-10(15)16/h2-4H,5-6H2,1H3,(H,15,16). The molecule has 0 heterocycles. The Morgan fingerprint density at radius 1 is 1.53 bits per heavy atom. The van der Waals surface area contributed by atoms with E-state index in [0.717, 1.165) is 0 Å². The van der Waals surface area contributed by atoms with E-state index in [1.54, 1.807) is 0 Å². The highest BCUT2D eigenvalue weighted by molar-refractivity contribution is 6.30. The fraction of sp³-hybridized carbons (Fsp3) is 0.364. The fourth-order valence-corrected chi connectivity index (χ4v) is 1.64. The van der Waals surface area contributed by atoms with Crippen molar-refractivity contribution in [3.63, 3.8) is 0 Å². The first kappa shape index (κ1) is 13.7. The maximum Gasteiger partial charge on any atom is 0.309 e. The highest BCUT2D eigenvalue weighted by Crippen LogP contribution is 2.30. The number of alkyl halides is 2. The van der Waals surface area contributed by atoms with Crippen molar-refractivity contribution in [3.8, 4) is 5.75 Å². The zero-order valence-corrected chi connectivity index (χ0v) is 9.80. The van der Waals surface area contributed by atoms with Crippen LogP contribution in [0.3, 0.4) is 0 Å². The molecule has 0 aliphatic rings. The lowest BCUT2D eigenvalue weighted by Crippen LogP contribution is -2.24. The van der Waals surface area contributed by atoms with Crippen molar-refractivity contribution in [2.75, 3.05) is 7.11 Å². The van der Waals surface area contributed by atoms with Crippen LogP contribution in [0, 0.1) is 0 Å². The third kappa shape index (κ3) is 4.19. The topological polar surface area (TPSA) is 46.5 Å². The number of hydrogen-bond donors (Lipinski definition) is 1. The third-order valence-electron chi connectivity index (χ3n) is 2.10. The van der Waals surface area contributed by atoms with Gasteiger partial charge in [0, 0.05) is 17.0 Å². The van der Waals surface area contributed by atoms with Gasteiger partial charge in [0.15, 0.2) is 0 Å². The van der Waals surface area contributed by atoms with Gasteiger partial charge in [-0.2, -0.15) is 0 Å². The lowest BCUT2D eigenvalue weighted by molar-refractivity contribution is -0.144. The van der Waals surface area contributed by atoms with Crippen LogP contribution in [-0.4, -0.2) is 24.1 Å². The SMILES string of the molecule is COc1ccc(Cl)cc1CC(F)(F)CC(=O)O. The minimum atomic E-state index is -3.33. The molecular formula is C11H11ClF2O3. The maximum atomic E-state index is 13.3. The first-order valence-electron chi connectivity index (χ1n) is 4.76. The van der Waals surface area contributed by atoms with Crippen molar-refractivity contribution in [1.82, 2.24) is 0 Å². The number of hydrogen-bond acceptors (Lipinski definition) is 2. The van der Waals surface area contributed by atoms with Gasteiger partial charge in [0.2, 0.25) is 0 Å². The summed E-state index contributed by atoms with van der Waals surface area (Å²) in [5.74, 6) is -4.61. The van der Waals surface area contributed by atoms with Gasteiger partial charge in [-0.3, -0.25) is 4.79 Å². The molecule has 0 spiro atoms. The van der Waals surface area contributed by atoms with Crippen LogP contribution in [0.15, 0.2) is 18.2 Å². The number of rotatable bonds is 5. The van der Waals surface area contributed by atoms with Crippen molar-refractivity contribution < 1.29 is 23.4 Å². The molecule has 0 aliphatic carbocycles. The monoisotopic (exact) mass is 264 g/mol. The number of aliphatic carboxylic acids is 1. The molecule has 0 aromatic heterocycles. The molecular weight excluding hydrogens is 254 g/mol. The van der Waals surface area contributed by atoms with Crippen LogP contribution >= 0.6 is 11.6 Å². The number of benzene rings is 1. The van der Waals surface area contributed by atoms with E-state index < -0.39 is 24.7 Å². The van der Waals surface area contributed by atoms with Crippen LogP contribution in [0.25, 0.3) is 0 Å². The van der Waals surface area contributed by atoms with E-state index in [1.165, 1.54) is 25.3 Å². The van der Waals surface area contributed by atoms with E-state index >= 15 is 0 Å². The Bertz CT molecular complexity index is 421. The quantitative estimate of drug-likeness (QED) is 0.889. The summed E-state index contributed by atoms with van der Waals surface area (Å²) in [6.07, 6.45) is -1.94. The molecule has 0 radical (unpaired) electrons. The molecule has 94 valence electrons. The Morgan fingerprint density at radius 3 is 2.71 bits per heavy atom. The zero-order valence-electron chi connectivity index (χ0n) is 9.04. The Balaban J connectivity index is 2.93. The summed E-state index contributed by atoms with van der Waals surface area (Å²) < 4.78 is 31.6. The van der Waals surface area contributed by atoms with Crippen LogP contribution in [0.1, 0.15) is 12.0 Å². The summed E-state index contributed by atoms with van der Waals surface area (Å²) in [4.78, 5) is 10.3. The highest BCUT2D eigenvalue weighted by Gasteiger charge is 2.33. The molecule has 1 N–H and O–H groups in total. The molecule has 0 saturated heterocycles. The Morgan fingerprint density at radius 2 is 2.18 bits per heavy atom. The Labute approximate surface area is 102 Å².